The van der Waals surface area contributed by atoms with Crippen molar-refractivity contribution in [3.05, 3.63) is 59.2 Å². The monoisotopic (exact) mass is 252 g/mol. The first kappa shape index (κ1) is 11.8. The zero-order chi connectivity index (χ0) is 11.5. The van der Waals surface area contributed by atoms with Crippen molar-refractivity contribution in [3.8, 4) is 0 Å². The van der Waals surface area contributed by atoms with Gasteiger partial charge in [-0.2, -0.15) is 0 Å². The highest BCUT2D eigenvalue weighted by Crippen LogP contribution is 2.38. The maximum atomic E-state index is 6.31. The minimum atomic E-state index is -0.0206. The summed E-state index contributed by atoms with van der Waals surface area (Å²) in [6, 6.07) is 10.4. The van der Waals surface area contributed by atoms with Crippen LogP contribution in [0.15, 0.2) is 53.6 Å². The van der Waals surface area contributed by atoms with Crippen molar-refractivity contribution in [1.82, 2.24) is 0 Å². The Hall–Kier alpha value is -0.720. The minimum Gasteiger partial charge on any atom is -0.118 e. The van der Waals surface area contributed by atoms with Crippen molar-refractivity contribution in [1.29, 1.82) is 0 Å². The second-order valence-electron chi connectivity index (χ2n) is 4.11. The van der Waals surface area contributed by atoms with E-state index >= 15 is 0 Å². The highest BCUT2D eigenvalue weighted by molar-refractivity contribution is 6.31. The molecule has 0 fully saturated rings. The molecule has 0 bridgehead atoms. The lowest BCUT2D eigenvalue weighted by Gasteiger charge is -2.28. The molecule has 0 nitrogen and oxygen atoms in total. The number of halogens is 2. The van der Waals surface area contributed by atoms with E-state index in [4.69, 9.17) is 23.2 Å². The number of allylic oxidation sites excluding steroid dienone is 4. The van der Waals surface area contributed by atoms with Gasteiger partial charge in [0.05, 0.1) is 5.38 Å². The van der Waals surface area contributed by atoms with Gasteiger partial charge in [0.25, 0.3) is 0 Å². The number of hydrogen-bond donors (Lipinski definition) is 0. The molecule has 2 rings (SSSR count). The quantitative estimate of drug-likeness (QED) is 0.670. The molecule has 3 unspecified atom stereocenters. The molecule has 0 saturated heterocycles. The van der Waals surface area contributed by atoms with Crippen molar-refractivity contribution in [3.63, 3.8) is 0 Å². The first-order chi connectivity index (χ1) is 7.70. The van der Waals surface area contributed by atoms with E-state index in [1.807, 2.05) is 36.4 Å². The number of alkyl halides is 1. The Morgan fingerprint density at radius 3 is 2.50 bits per heavy atom. The van der Waals surface area contributed by atoms with E-state index in [9.17, 15) is 0 Å². The van der Waals surface area contributed by atoms with Gasteiger partial charge < -0.3 is 0 Å². The van der Waals surface area contributed by atoms with E-state index in [0.717, 1.165) is 5.03 Å². The third-order valence-electron chi connectivity index (χ3n) is 3.08. The first-order valence-corrected chi connectivity index (χ1v) is 6.24. The molecule has 0 aromatic heterocycles. The molecule has 0 radical (unpaired) electrons. The molecule has 0 amide bonds. The standard InChI is InChI=1S/C14H14Cl2/c1-10(11-6-3-2-4-7-11)14-12(15)8-5-9-13(14)16/h2-10,12,14H,1H3. The molecule has 0 aliphatic heterocycles. The molecular formula is C14H14Cl2. The Morgan fingerprint density at radius 1 is 1.19 bits per heavy atom. The van der Waals surface area contributed by atoms with Crippen LogP contribution in [0.5, 0.6) is 0 Å². The number of hydrogen-bond acceptors (Lipinski definition) is 0. The van der Waals surface area contributed by atoms with Gasteiger partial charge in [-0.3, -0.25) is 0 Å². The molecule has 3 atom stereocenters. The molecule has 1 aliphatic carbocycles. The van der Waals surface area contributed by atoms with Crippen LogP contribution in [0, 0.1) is 5.92 Å². The molecule has 0 saturated carbocycles. The summed E-state index contributed by atoms with van der Waals surface area (Å²) in [6.07, 6.45) is 5.86. The van der Waals surface area contributed by atoms with E-state index in [0.29, 0.717) is 5.92 Å². The molecule has 0 spiro atoms. The summed E-state index contributed by atoms with van der Waals surface area (Å²) >= 11 is 12.6. The summed E-state index contributed by atoms with van der Waals surface area (Å²) in [5, 5.41) is 0.826. The summed E-state index contributed by atoms with van der Waals surface area (Å²) in [6.45, 7) is 2.17. The maximum Gasteiger partial charge on any atom is 0.0602 e. The van der Waals surface area contributed by atoms with Crippen LogP contribution in [0.4, 0.5) is 0 Å². The summed E-state index contributed by atoms with van der Waals surface area (Å²) in [5.41, 5.74) is 1.28. The van der Waals surface area contributed by atoms with Crippen LogP contribution in [0.2, 0.25) is 0 Å². The van der Waals surface area contributed by atoms with E-state index in [-0.39, 0.29) is 11.3 Å². The topological polar surface area (TPSA) is 0 Å². The summed E-state index contributed by atoms with van der Waals surface area (Å²) in [7, 11) is 0. The second-order valence-corrected chi connectivity index (χ2v) is 5.05. The number of rotatable bonds is 2. The van der Waals surface area contributed by atoms with Crippen molar-refractivity contribution in [2.75, 3.05) is 0 Å². The SMILES string of the molecule is CC(c1ccccc1)C1C(Cl)=CC=CC1Cl. The lowest BCUT2D eigenvalue weighted by Crippen LogP contribution is -2.21. The fourth-order valence-electron chi connectivity index (χ4n) is 2.12. The van der Waals surface area contributed by atoms with Crippen LogP contribution >= 0.6 is 23.2 Å². The average Bonchev–Trinajstić information content (AvgIpc) is 2.30. The van der Waals surface area contributed by atoms with Crippen LogP contribution in [0.1, 0.15) is 18.4 Å². The van der Waals surface area contributed by atoms with Gasteiger partial charge in [-0.25, -0.2) is 0 Å². The summed E-state index contributed by atoms with van der Waals surface area (Å²) in [4.78, 5) is 0. The summed E-state index contributed by atoms with van der Waals surface area (Å²) in [5.74, 6) is 0.508. The third-order valence-corrected chi connectivity index (χ3v) is 3.87. The van der Waals surface area contributed by atoms with Gasteiger partial charge in [-0.15, -0.1) is 11.6 Å². The van der Waals surface area contributed by atoms with Gasteiger partial charge in [-0.05, 0) is 17.6 Å². The van der Waals surface area contributed by atoms with E-state index in [1.165, 1.54) is 5.56 Å². The summed E-state index contributed by atoms with van der Waals surface area (Å²) < 4.78 is 0. The molecule has 16 heavy (non-hydrogen) atoms. The fraction of sp³-hybridized carbons (Fsp3) is 0.286. The predicted octanol–water partition coefficient (Wildman–Crippen LogP) is 4.71. The molecule has 1 aliphatic rings. The molecular weight excluding hydrogens is 239 g/mol. The van der Waals surface area contributed by atoms with E-state index in [2.05, 4.69) is 19.1 Å². The van der Waals surface area contributed by atoms with E-state index < -0.39 is 0 Å². The largest absolute Gasteiger partial charge is 0.118 e. The molecule has 84 valence electrons. The lowest BCUT2D eigenvalue weighted by molar-refractivity contribution is 0.540. The van der Waals surface area contributed by atoms with Crippen molar-refractivity contribution < 1.29 is 0 Å². The van der Waals surface area contributed by atoms with Crippen LogP contribution < -0.4 is 0 Å². The van der Waals surface area contributed by atoms with Gasteiger partial charge in [0.2, 0.25) is 0 Å². The van der Waals surface area contributed by atoms with Crippen molar-refractivity contribution in [2.45, 2.75) is 18.2 Å². The molecule has 1 aromatic rings. The fourth-order valence-corrected chi connectivity index (χ4v) is 3.01. The lowest BCUT2D eigenvalue weighted by atomic mass is 9.83. The van der Waals surface area contributed by atoms with E-state index in [1.54, 1.807) is 0 Å². The minimum absolute atomic E-state index is 0.0206. The predicted molar refractivity (Wildman–Crippen MR) is 71.1 cm³/mol. The second kappa shape index (κ2) is 5.07. The Bertz CT molecular complexity index is 406. The Kier molecular flexibility index (Phi) is 3.73. The smallest absolute Gasteiger partial charge is 0.0602 e. The van der Waals surface area contributed by atoms with Crippen molar-refractivity contribution >= 4 is 23.2 Å². The van der Waals surface area contributed by atoms with Gasteiger partial charge in [0, 0.05) is 11.0 Å². The Labute approximate surface area is 107 Å². The van der Waals surface area contributed by atoms with Crippen molar-refractivity contribution in [2.24, 2.45) is 5.92 Å². The van der Waals surface area contributed by atoms with Gasteiger partial charge in [0.15, 0.2) is 0 Å². The zero-order valence-corrected chi connectivity index (χ0v) is 10.6. The molecule has 1 aromatic carbocycles. The third kappa shape index (κ3) is 2.34. The average molecular weight is 253 g/mol. The number of benzene rings is 1. The first-order valence-electron chi connectivity index (χ1n) is 5.43. The highest BCUT2D eigenvalue weighted by atomic mass is 35.5. The zero-order valence-electron chi connectivity index (χ0n) is 9.11. The van der Waals surface area contributed by atoms with Crippen LogP contribution in [-0.4, -0.2) is 5.38 Å². The molecule has 0 N–H and O–H groups in total. The molecule has 2 heteroatoms. The molecule has 0 heterocycles. The maximum absolute atomic E-state index is 6.31. The van der Waals surface area contributed by atoms with Gasteiger partial charge in [-0.1, -0.05) is 61.0 Å². The van der Waals surface area contributed by atoms with Crippen LogP contribution in [0.3, 0.4) is 0 Å². The normalized spacial score (nSPS) is 26.3. The Morgan fingerprint density at radius 2 is 1.88 bits per heavy atom. The van der Waals surface area contributed by atoms with Crippen LogP contribution in [0.25, 0.3) is 0 Å². The van der Waals surface area contributed by atoms with Gasteiger partial charge >= 0.3 is 0 Å². The van der Waals surface area contributed by atoms with Crippen LogP contribution in [-0.2, 0) is 0 Å². The Balaban J connectivity index is 2.25. The highest BCUT2D eigenvalue weighted by Gasteiger charge is 2.28. The van der Waals surface area contributed by atoms with Gasteiger partial charge in [0.1, 0.15) is 0 Å².